The quantitative estimate of drug-likeness (QED) is 0.669. The zero-order valence-corrected chi connectivity index (χ0v) is 20.2. The molecule has 0 radical (unpaired) electrons. The molecule has 2 aliphatic rings. The third kappa shape index (κ3) is 5.94. The van der Waals surface area contributed by atoms with Gasteiger partial charge in [0.25, 0.3) is 11.8 Å². The zero-order chi connectivity index (χ0) is 25.5. The number of ether oxygens (including phenoxy) is 2. The Kier molecular flexibility index (Phi) is 8.04. The van der Waals surface area contributed by atoms with E-state index >= 15 is 0 Å². The van der Waals surface area contributed by atoms with Crippen LogP contribution in [0, 0.1) is 0 Å². The van der Waals surface area contributed by atoms with Crippen molar-refractivity contribution >= 4 is 29.3 Å². The summed E-state index contributed by atoms with van der Waals surface area (Å²) < 4.78 is 10.9. The topological polar surface area (TPSA) is 117 Å². The highest BCUT2D eigenvalue weighted by Crippen LogP contribution is 2.25. The number of anilines is 1. The van der Waals surface area contributed by atoms with Crippen molar-refractivity contribution in [3.8, 4) is 11.5 Å². The number of fused-ring (bicyclic) bond motifs is 1. The maximum Gasteiger partial charge on any atom is 0.255 e. The van der Waals surface area contributed by atoms with Crippen LogP contribution in [-0.2, 0) is 9.59 Å². The normalized spacial score (nSPS) is 17.4. The fourth-order valence-electron chi connectivity index (χ4n) is 4.22. The van der Waals surface area contributed by atoms with Gasteiger partial charge in [0.15, 0.2) is 0 Å². The average molecular weight is 495 g/mol. The minimum Gasteiger partial charge on any atom is -0.497 e. The number of nitrogens with one attached hydrogen (secondary N) is 2. The highest BCUT2D eigenvalue weighted by molar-refractivity contribution is 5.99. The SMILES string of the molecule is COc1ccc2c(c1)OCCNC(=O)CN(C(=O)c1ccc(N3CCCC3=O)cc1)CCCNC2=O. The van der Waals surface area contributed by atoms with Crippen LogP contribution in [-0.4, -0.2) is 75.0 Å². The average Bonchev–Trinajstić information content (AvgIpc) is 3.33. The molecule has 2 aromatic carbocycles. The van der Waals surface area contributed by atoms with E-state index in [4.69, 9.17) is 9.47 Å². The molecule has 1 saturated heterocycles. The molecule has 0 bridgehead atoms. The summed E-state index contributed by atoms with van der Waals surface area (Å²) in [7, 11) is 1.53. The van der Waals surface area contributed by atoms with E-state index in [0.29, 0.717) is 48.6 Å². The summed E-state index contributed by atoms with van der Waals surface area (Å²) in [6.45, 7) is 1.49. The smallest absolute Gasteiger partial charge is 0.255 e. The standard InChI is InChI=1S/C26H30N4O6/c1-35-20-9-10-21-22(16-20)36-15-12-27-23(31)17-29(13-3-11-28-25(21)33)26(34)18-5-7-19(8-6-18)30-14-2-4-24(30)32/h5-10,16H,2-4,11-15,17H2,1H3,(H,27,31)(H,28,33). The van der Waals surface area contributed by atoms with E-state index in [2.05, 4.69) is 10.6 Å². The Balaban J connectivity index is 1.44. The maximum atomic E-state index is 13.2. The van der Waals surface area contributed by atoms with Crippen LogP contribution in [0.5, 0.6) is 11.5 Å². The summed E-state index contributed by atoms with van der Waals surface area (Å²) in [5.41, 5.74) is 1.55. The minimum atomic E-state index is -0.307. The lowest BCUT2D eigenvalue weighted by molar-refractivity contribution is -0.122. The fraction of sp³-hybridized carbons (Fsp3) is 0.385. The van der Waals surface area contributed by atoms with E-state index in [-0.39, 0.29) is 49.9 Å². The van der Waals surface area contributed by atoms with Crippen molar-refractivity contribution in [1.29, 1.82) is 0 Å². The van der Waals surface area contributed by atoms with Gasteiger partial charge >= 0.3 is 0 Å². The molecule has 4 amide bonds. The van der Waals surface area contributed by atoms with Crippen LogP contribution in [0.25, 0.3) is 0 Å². The molecule has 2 aliphatic heterocycles. The number of nitrogens with zero attached hydrogens (tertiary/aromatic N) is 2. The first-order chi connectivity index (χ1) is 17.5. The Morgan fingerprint density at radius 3 is 2.50 bits per heavy atom. The van der Waals surface area contributed by atoms with Gasteiger partial charge in [0.05, 0.1) is 25.8 Å². The molecule has 190 valence electrons. The van der Waals surface area contributed by atoms with Gasteiger partial charge in [-0.05, 0) is 49.2 Å². The molecule has 0 saturated carbocycles. The molecule has 10 nitrogen and oxygen atoms in total. The van der Waals surface area contributed by atoms with Crippen LogP contribution in [0.3, 0.4) is 0 Å². The molecular weight excluding hydrogens is 464 g/mol. The van der Waals surface area contributed by atoms with Gasteiger partial charge in [0.1, 0.15) is 18.1 Å². The maximum absolute atomic E-state index is 13.2. The molecule has 0 aromatic heterocycles. The van der Waals surface area contributed by atoms with E-state index < -0.39 is 0 Å². The third-order valence-corrected chi connectivity index (χ3v) is 6.13. The van der Waals surface area contributed by atoms with Crippen LogP contribution in [0.2, 0.25) is 0 Å². The molecule has 0 unspecified atom stereocenters. The lowest BCUT2D eigenvalue weighted by Crippen LogP contribution is -2.43. The van der Waals surface area contributed by atoms with Crippen molar-refractivity contribution in [2.45, 2.75) is 19.3 Å². The molecule has 0 atom stereocenters. The summed E-state index contributed by atoms with van der Waals surface area (Å²) in [4.78, 5) is 53.7. The van der Waals surface area contributed by atoms with Crippen molar-refractivity contribution in [3.05, 3.63) is 53.6 Å². The largest absolute Gasteiger partial charge is 0.497 e. The molecule has 2 heterocycles. The summed E-state index contributed by atoms with van der Waals surface area (Å²) in [5, 5.41) is 5.61. The van der Waals surface area contributed by atoms with Crippen LogP contribution >= 0.6 is 0 Å². The van der Waals surface area contributed by atoms with Crippen molar-refractivity contribution in [1.82, 2.24) is 15.5 Å². The van der Waals surface area contributed by atoms with Gasteiger partial charge in [0, 0.05) is 43.4 Å². The Morgan fingerprint density at radius 1 is 0.972 bits per heavy atom. The molecule has 10 heteroatoms. The predicted molar refractivity (Wildman–Crippen MR) is 132 cm³/mol. The molecule has 2 N–H and O–H groups in total. The number of carbonyl (C=O) groups excluding carboxylic acids is 4. The third-order valence-electron chi connectivity index (χ3n) is 6.13. The molecule has 1 fully saturated rings. The van der Waals surface area contributed by atoms with E-state index in [0.717, 1.165) is 12.1 Å². The van der Waals surface area contributed by atoms with Crippen molar-refractivity contribution in [2.24, 2.45) is 0 Å². The first-order valence-corrected chi connectivity index (χ1v) is 12.0. The predicted octanol–water partition coefficient (Wildman–Crippen LogP) is 1.59. The van der Waals surface area contributed by atoms with Crippen LogP contribution in [0.15, 0.2) is 42.5 Å². The van der Waals surface area contributed by atoms with E-state index in [1.807, 2.05) is 0 Å². The first kappa shape index (κ1) is 25.0. The van der Waals surface area contributed by atoms with Gasteiger partial charge in [-0.25, -0.2) is 0 Å². The van der Waals surface area contributed by atoms with E-state index in [1.54, 1.807) is 47.4 Å². The summed E-state index contributed by atoms with van der Waals surface area (Å²) >= 11 is 0. The number of hydrogen-bond donors (Lipinski definition) is 2. The van der Waals surface area contributed by atoms with Crippen molar-refractivity contribution < 1.29 is 28.7 Å². The highest BCUT2D eigenvalue weighted by atomic mass is 16.5. The Labute approximate surface area is 209 Å². The van der Waals surface area contributed by atoms with Gasteiger partial charge in [-0.15, -0.1) is 0 Å². The van der Waals surface area contributed by atoms with Crippen LogP contribution in [0.1, 0.15) is 40.0 Å². The Hall–Kier alpha value is -4.08. The molecule has 36 heavy (non-hydrogen) atoms. The number of carbonyl (C=O) groups is 4. The van der Waals surface area contributed by atoms with Crippen molar-refractivity contribution in [2.75, 3.05) is 51.3 Å². The molecule has 0 aliphatic carbocycles. The summed E-state index contributed by atoms with van der Waals surface area (Å²) in [5.74, 6) is 0.108. The highest BCUT2D eigenvalue weighted by Gasteiger charge is 2.23. The summed E-state index contributed by atoms with van der Waals surface area (Å²) in [6, 6.07) is 11.8. The molecule has 0 spiro atoms. The number of benzene rings is 2. The fourth-order valence-corrected chi connectivity index (χ4v) is 4.22. The molecule has 4 rings (SSSR count). The van der Waals surface area contributed by atoms with Gasteiger partial charge in [0.2, 0.25) is 11.8 Å². The lowest BCUT2D eigenvalue weighted by atomic mass is 10.1. The number of amides is 4. The van der Waals surface area contributed by atoms with Crippen LogP contribution < -0.4 is 25.0 Å². The molecular formula is C26H30N4O6. The second-order valence-corrected chi connectivity index (χ2v) is 8.59. The van der Waals surface area contributed by atoms with Crippen LogP contribution in [0.4, 0.5) is 5.69 Å². The van der Waals surface area contributed by atoms with Gasteiger partial charge in [-0.1, -0.05) is 0 Å². The number of methoxy groups -OCH3 is 1. The first-order valence-electron chi connectivity index (χ1n) is 12.0. The zero-order valence-electron chi connectivity index (χ0n) is 20.2. The Bertz CT molecular complexity index is 1130. The number of hydrogen-bond acceptors (Lipinski definition) is 6. The minimum absolute atomic E-state index is 0.0771. The van der Waals surface area contributed by atoms with Gasteiger partial charge in [-0.2, -0.15) is 0 Å². The van der Waals surface area contributed by atoms with E-state index in [9.17, 15) is 19.2 Å². The monoisotopic (exact) mass is 494 g/mol. The summed E-state index contributed by atoms with van der Waals surface area (Å²) in [6.07, 6.45) is 1.81. The lowest BCUT2D eigenvalue weighted by Gasteiger charge is -2.23. The van der Waals surface area contributed by atoms with Gasteiger partial charge in [-0.3, -0.25) is 19.2 Å². The second-order valence-electron chi connectivity index (χ2n) is 8.59. The van der Waals surface area contributed by atoms with E-state index in [1.165, 1.54) is 12.0 Å². The van der Waals surface area contributed by atoms with Gasteiger partial charge < -0.3 is 29.9 Å². The van der Waals surface area contributed by atoms with Crippen molar-refractivity contribution in [3.63, 3.8) is 0 Å². The second kappa shape index (κ2) is 11.6. The number of rotatable bonds is 3. The Morgan fingerprint density at radius 2 is 1.78 bits per heavy atom. The molecule has 2 aromatic rings.